The smallest absolute Gasteiger partial charge is 0.337 e. The molecule has 0 saturated carbocycles. The molecule has 0 amide bonds. The van der Waals surface area contributed by atoms with Crippen molar-refractivity contribution >= 4 is 46.5 Å². The monoisotopic (exact) mass is 435 g/mol. The van der Waals surface area contributed by atoms with E-state index in [1.807, 2.05) is 24.3 Å². The van der Waals surface area contributed by atoms with Gasteiger partial charge in [0.05, 0.1) is 10.6 Å². The maximum Gasteiger partial charge on any atom is 0.337 e. The average molecular weight is 437 g/mol. The number of hydrogen-bond acceptors (Lipinski definition) is 3. The fourth-order valence-corrected chi connectivity index (χ4v) is 3.37. The van der Waals surface area contributed by atoms with Gasteiger partial charge < -0.3 is 15.2 Å². The maximum absolute atomic E-state index is 11.1. The van der Waals surface area contributed by atoms with Gasteiger partial charge in [0.1, 0.15) is 12.4 Å². The summed E-state index contributed by atoms with van der Waals surface area (Å²) in [6.07, 6.45) is 0. The lowest BCUT2D eigenvalue weighted by Gasteiger charge is -2.14. The number of carbonyl (C=O) groups is 1. The van der Waals surface area contributed by atoms with Gasteiger partial charge in [-0.15, -0.1) is 0 Å². The molecule has 0 spiro atoms. The number of rotatable bonds is 7. The van der Waals surface area contributed by atoms with Crippen molar-refractivity contribution in [2.45, 2.75) is 13.2 Å². The second kappa shape index (κ2) is 9.20. The molecule has 0 aromatic heterocycles. The third kappa shape index (κ3) is 4.90. The van der Waals surface area contributed by atoms with Crippen LogP contribution in [0.2, 0.25) is 15.1 Å². The van der Waals surface area contributed by atoms with E-state index in [-0.39, 0.29) is 17.2 Å². The molecular weight excluding hydrogens is 421 g/mol. The van der Waals surface area contributed by atoms with Gasteiger partial charge >= 0.3 is 5.97 Å². The molecule has 144 valence electrons. The zero-order valence-electron chi connectivity index (χ0n) is 14.6. The molecule has 28 heavy (non-hydrogen) atoms. The van der Waals surface area contributed by atoms with E-state index in [2.05, 4.69) is 5.32 Å². The largest absolute Gasteiger partial charge is 0.488 e. The number of halogens is 3. The minimum atomic E-state index is -1.06. The van der Waals surface area contributed by atoms with Crippen LogP contribution in [-0.4, -0.2) is 11.1 Å². The first-order valence-corrected chi connectivity index (χ1v) is 9.49. The fraction of sp³-hybridized carbons (Fsp3) is 0.0952. The van der Waals surface area contributed by atoms with Crippen LogP contribution in [0.1, 0.15) is 21.5 Å². The van der Waals surface area contributed by atoms with Crippen molar-refractivity contribution in [3.05, 3.63) is 92.4 Å². The number of hydrogen-bond donors (Lipinski definition) is 2. The van der Waals surface area contributed by atoms with Crippen molar-refractivity contribution < 1.29 is 14.6 Å². The standard InChI is InChI=1S/C21H16Cl3NO3/c22-17-5-3-6-18(23)16(17)12-28-20-7-2-1-4-13(20)11-25-14-8-9-15(21(26)27)19(24)10-14/h1-10,25H,11-12H2,(H,26,27). The molecular formula is C21H16Cl3NO3. The van der Waals surface area contributed by atoms with Crippen LogP contribution in [-0.2, 0) is 13.2 Å². The van der Waals surface area contributed by atoms with Gasteiger partial charge in [-0.25, -0.2) is 4.79 Å². The molecule has 3 rings (SSSR count). The molecule has 3 aromatic carbocycles. The molecule has 0 atom stereocenters. The molecule has 0 fully saturated rings. The highest BCUT2D eigenvalue weighted by atomic mass is 35.5. The van der Waals surface area contributed by atoms with E-state index in [1.165, 1.54) is 6.07 Å². The molecule has 0 aliphatic rings. The quantitative estimate of drug-likeness (QED) is 0.442. The molecule has 3 aromatic rings. The molecule has 7 heteroatoms. The first kappa shape index (κ1) is 20.3. The van der Waals surface area contributed by atoms with E-state index < -0.39 is 5.97 Å². The Morgan fingerprint density at radius 2 is 1.64 bits per heavy atom. The molecule has 0 radical (unpaired) electrons. The Morgan fingerprint density at radius 1 is 0.929 bits per heavy atom. The summed E-state index contributed by atoms with van der Waals surface area (Å²) in [7, 11) is 0. The predicted molar refractivity (Wildman–Crippen MR) is 113 cm³/mol. The number of aromatic carboxylic acids is 1. The third-order valence-corrected chi connectivity index (χ3v) is 5.11. The van der Waals surface area contributed by atoms with Gasteiger partial charge in [0.15, 0.2) is 0 Å². The molecule has 4 nitrogen and oxygen atoms in total. The summed E-state index contributed by atoms with van der Waals surface area (Å²) < 4.78 is 5.93. The fourth-order valence-electron chi connectivity index (χ4n) is 2.61. The zero-order valence-corrected chi connectivity index (χ0v) is 16.9. The van der Waals surface area contributed by atoms with Crippen LogP contribution in [0.5, 0.6) is 5.75 Å². The van der Waals surface area contributed by atoms with Gasteiger partial charge in [0, 0.05) is 33.4 Å². The molecule has 2 N–H and O–H groups in total. The third-order valence-electron chi connectivity index (χ3n) is 4.09. The lowest BCUT2D eigenvalue weighted by Crippen LogP contribution is -2.05. The number of carboxylic acid groups (broad SMARTS) is 1. The molecule has 0 bridgehead atoms. The van der Waals surface area contributed by atoms with E-state index in [0.717, 1.165) is 11.1 Å². The highest BCUT2D eigenvalue weighted by Gasteiger charge is 2.11. The molecule has 0 saturated heterocycles. The number of para-hydroxylation sites is 1. The summed E-state index contributed by atoms with van der Waals surface area (Å²) in [6, 6.07) is 17.6. The van der Waals surface area contributed by atoms with E-state index in [0.29, 0.717) is 28.0 Å². The Hall–Kier alpha value is -2.40. The van der Waals surface area contributed by atoms with Gasteiger partial charge in [-0.05, 0) is 36.4 Å². The minimum Gasteiger partial charge on any atom is -0.488 e. The number of anilines is 1. The van der Waals surface area contributed by atoms with Crippen molar-refractivity contribution in [1.82, 2.24) is 0 Å². The zero-order chi connectivity index (χ0) is 20.1. The molecule has 0 aliphatic carbocycles. The highest BCUT2D eigenvalue weighted by Crippen LogP contribution is 2.28. The number of carboxylic acids is 1. The van der Waals surface area contributed by atoms with E-state index in [9.17, 15) is 4.79 Å². The Kier molecular flexibility index (Phi) is 6.68. The first-order chi connectivity index (χ1) is 13.5. The van der Waals surface area contributed by atoms with Crippen molar-refractivity contribution in [3.8, 4) is 5.75 Å². The van der Waals surface area contributed by atoms with E-state index >= 15 is 0 Å². The van der Waals surface area contributed by atoms with Crippen LogP contribution in [0.4, 0.5) is 5.69 Å². The van der Waals surface area contributed by atoms with Crippen molar-refractivity contribution in [3.63, 3.8) is 0 Å². The van der Waals surface area contributed by atoms with Gasteiger partial charge in [0.25, 0.3) is 0 Å². The predicted octanol–water partition coefficient (Wildman–Crippen LogP) is 6.54. The summed E-state index contributed by atoms with van der Waals surface area (Å²) in [5.41, 5.74) is 2.42. The number of benzene rings is 3. The summed E-state index contributed by atoms with van der Waals surface area (Å²) in [4.78, 5) is 11.1. The summed E-state index contributed by atoms with van der Waals surface area (Å²) >= 11 is 18.4. The van der Waals surface area contributed by atoms with Crippen LogP contribution in [0.15, 0.2) is 60.7 Å². The van der Waals surface area contributed by atoms with Crippen LogP contribution in [0.25, 0.3) is 0 Å². The Bertz CT molecular complexity index is 988. The topological polar surface area (TPSA) is 58.6 Å². The Morgan fingerprint density at radius 3 is 2.32 bits per heavy atom. The van der Waals surface area contributed by atoms with Gasteiger partial charge in [0.2, 0.25) is 0 Å². The summed E-state index contributed by atoms with van der Waals surface area (Å²) in [5.74, 6) is -0.368. The molecule has 0 unspecified atom stereocenters. The van der Waals surface area contributed by atoms with Gasteiger partial charge in [-0.2, -0.15) is 0 Å². The van der Waals surface area contributed by atoms with Gasteiger partial charge in [-0.1, -0.05) is 59.1 Å². The number of ether oxygens (including phenoxy) is 1. The van der Waals surface area contributed by atoms with Crippen LogP contribution in [0.3, 0.4) is 0 Å². The second-order valence-corrected chi connectivity index (χ2v) is 7.17. The average Bonchev–Trinajstić information content (AvgIpc) is 2.66. The van der Waals surface area contributed by atoms with Crippen LogP contribution in [0, 0.1) is 0 Å². The minimum absolute atomic E-state index is 0.0626. The van der Waals surface area contributed by atoms with Crippen molar-refractivity contribution in [1.29, 1.82) is 0 Å². The van der Waals surface area contributed by atoms with E-state index in [1.54, 1.807) is 30.3 Å². The lowest BCUT2D eigenvalue weighted by atomic mass is 10.1. The lowest BCUT2D eigenvalue weighted by molar-refractivity contribution is 0.0697. The van der Waals surface area contributed by atoms with Gasteiger partial charge in [-0.3, -0.25) is 0 Å². The van der Waals surface area contributed by atoms with Crippen molar-refractivity contribution in [2.24, 2.45) is 0 Å². The van der Waals surface area contributed by atoms with Crippen LogP contribution < -0.4 is 10.1 Å². The normalized spacial score (nSPS) is 10.5. The Balaban J connectivity index is 1.70. The molecule has 0 aliphatic heterocycles. The SMILES string of the molecule is O=C(O)c1ccc(NCc2ccccc2OCc2c(Cl)cccc2Cl)cc1Cl. The maximum atomic E-state index is 11.1. The molecule has 0 heterocycles. The second-order valence-electron chi connectivity index (χ2n) is 5.95. The first-order valence-electron chi connectivity index (χ1n) is 8.36. The van der Waals surface area contributed by atoms with Crippen molar-refractivity contribution in [2.75, 3.05) is 5.32 Å². The number of nitrogens with one attached hydrogen (secondary N) is 1. The van der Waals surface area contributed by atoms with Crippen LogP contribution >= 0.6 is 34.8 Å². The summed E-state index contributed by atoms with van der Waals surface area (Å²) in [5, 5.41) is 13.6. The van der Waals surface area contributed by atoms with E-state index in [4.69, 9.17) is 44.6 Å². The highest BCUT2D eigenvalue weighted by molar-refractivity contribution is 6.36. The Labute approximate surface area is 177 Å². The summed E-state index contributed by atoms with van der Waals surface area (Å²) in [6.45, 7) is 0.712.